The molecule has 0 aromatic heterocycles. The van der Waals surface area contributed by atoms with Gasteiger partial charge in [-0.2, -0.15) is 4.31 Å². The molecule has 0 saturated carbocycles. The van der Waals surface area contributed by atoms with Crippen molar-refractivity contribution in [3.8, 4) is 0 Å². The van der Waals surface area contributed by atoms with Gasteiger partial charge >= 0.3 is 5.97 Å². The van der Waals surface area contributed by atoms with Crippen molar-refractivity contribution in [2.75, 3.05) is 20.2 Å². The van der Waals surface area contributed by atoms with Crippen LogP contribution in [0, 0.1) is 0 Å². The normalized spacial score (nSPS) is 11.6. The number of sulfonamides is 1. The summed E-state index contributed by atoms with van der Waals surface area (Å²) in [5.41, 5.74) is 0. The molecule has 0 aliphatic heterocycles. The molecule has 5 nitrogen and oxygen atoms in total. The van der Waals surface area contributed by atoms with E-state index in [2.05, 4.69) is 4.74 Å². The van der Waals surface area contributed by atoms with Gasteiger partial charge in [0.2, 0.25) is 10.0 Å². The number of hydrogen-bond acceptors (Lipinski definition) is 4. The third-order valence-corrected chi connectivity index (χ3v) is 4.57. The molecule has 0 fully saturated rings. The van der Waals surface area contributed by atoms with E-state index in [9.17, 15) is 13.2 Å². The van der Waals surface area contributed by atoms with Gasteiger partial charge in [-0.1, -0.05) is 18.5 Å². The fraction of sp³-hybridized carbons (Fsp3) is 0.417. The van der Waals surface area contributed by atoms with Crippen LogP contribution in [0.15, 0.2) is 29.2 Å². The molecule has 0 spiro atoms. The second kappa shape index (κ2) is 6.88. The van der Waals surface area contributed by atoms with Crippen LogP contribution in [0.2, 0.25) is 5.02 Å². The highest BCUT2D eigenvalue weighted by atomic mass is 35.5. The van der Waals surface area contributed by atoms with Crippen LogP contribution in [0.1, 0.15) is 13.3 Å². The zero-order chi connectivity index (χ0) is 14.5. The molecule has 106 valence electrons. The zero-order valence-corrected chi connectivity index (χ0v) is 12.4. The standard InChI is InChI=1S/C12H16ClNO4S/c1-3-8-14(9-12(15)18-2)19(16,17)11-6-4-10(13)5-7-11/h4-7H,3,8-9H2,1-2H3. The average Bonchev–Trinajstić information content (AvgIpc) is 2.38. The molecular weight excluding hydrogens is 290 g/mol. The first-order valence-corrected chi connectivity index (χ1v) is 7.56. The molecule has 0 aliphatic rings. The topological polar surface area (TPSA) is 63.7 Å². The lowest BCUT2D eigenvalue weighted by Crippen LogP contribution is -2.36. The number of carbonyl (C=O) groups excluding carboxylic acids is 1. The summed E-state index contributed by atoms with van der Waals surface area (Å²) < 4.78 is 30.3. The van der Waals surface area contributed by atoms with Crippen molar-refractivity contribution in [2.45, 2.75) is 18.2 Å². The monoisotopic (exact) mass is 305 g/mol. The maximum atomic E-state index is 12.4. The van der Waals surface area contributed by atoms with Gasteiger partial charge in [-0.25, -0.2) is 8.42 Å². The fourth-order valence-corrected chi connectivity index (χ4v) is 3.10. The van der Waals surface area contributed by atoms with Gasteiger partial charge in [0.1, 0.15) is 6.54 Å². The van der Waals surface area contributed by atoms with E-state index >= 15 is 0 Å². The molecule has 1 rings (SSSR count). The van der Waals surface area contributed by atoms with E-state index in [0.717, 1.165) is 4.31 Å². The second-order valence-corrected chi connectivity index (χ2v) is 6.24. The van der Waals surface area contributed by atoms with Gasteiger partial charge in [0.25, 0.3) is 0 Å². The van der Waals surface area contributed by atoms with E-state index in [-0.39, 0.29) is 18.0 Å². The molecule has 0 bridgehead atoms. The van der Waals surface area contributed by atoms with Crippen LogP contribution in [0.5, 0.6) is 0 Å². The summed E-state index contributed by atoms with van der Waals surface area (Å²) >= 11 is 5.73. The summed E-state index contributed by atoms with van der Waals surface area (Å²) in [6.45, 7) is 1.79. The first kappa shape index (κ1) is 15.9. The Kier molecular flexibility index (Phi) is 5.78. The number of nitrogens with zero attached hydrogens (tertiary/aromatic N) is 1. The van der Waals surface area contributed by atoms with Crippen molar-refractivity contribution in [3.05, 3.63) is 29.3 Å². The van der Waals surface area contributed by atoms with Crippen molar-refractivity contribution in [2.24, 2.45) is 0 Å². The Morgan fingerprint density at radius 2 is 1.89 bits per heavy atom. The van der Waals surface area contributed by atoms with E-state index in [1.807, 2.05) is 6.92 Å². The van der Waals surface area contributed by atoms with Gasteiger partial charge in [-0.05, 0) is 30.7 Å². The van der Waals surface area contributed by atoms with Crippen molar-refractivity contribution >= 4 is 27.6 Å². The SMILES string of the molecule is CCCN(CC(=O)OC)S(=O)(=O)c1ccc(Cl)cc1. The lowest BCUT2D eigenvalue weighted by atomic mass is 10.4. The predicted molar refractivity (Wildman–Crippen MR) is 72.5 cm³/mol. The third-order valence-electron chi connectivity index (χ3n) is 2.46. The summed E-state index contributed by atoms with van der Waals surface area (Å²) in [6.07, 6.45) is 0.601. The molecule has 7 heteroatoms. The Morgan fingerprint density at radius 1 is 1.32 bits per heavy atom. The number of halogens is 1. The maximum Gasteiger partial charge on any atom is 0.321 e. The van der Waals surface area contributed by atoms with Crippen LogP contribution < -0.4 is 0 Å². The summed E-state index contributed by atoms with van der Waals surface area (Å²) in [4.78, 5) is 11.4. The van der Waals surface area contributed by atoms with E-state index in [0.29, 0.717) is 11.4 Å². The minimum atomic E-state index is -3.71. The number of carbonyl (C=O) groups is 1. The first-order chi connectivity index (χ1) is 8.91. The summed E-state index contributed by atoms with van der Waals surface area (Å²) in [5, 5.41) is 0.453. The van der Waals surface area contributed by atoms with Gasteiger partial charge in [-0.15, -0.1) is 0 Å². The molecule has 0 aliphatic carbocycles. The summed E-state index contributed by atoms with van der Waals surface area (Å²) in [6, 6.07) is 5.82. The zero-order valence-electron chi connectivity index (χ0n) is 10.8. The smallest absolute Gasteiger partial charge is 0.321 e. The van der Waals surface area contributed by atoms with Crippen LogP contribution in [-0.4, -0.2) is 38.9 Å². The minimum Gasteiger partial charge on any atom is -0.468 e. The van der Waals surface area contributed by atoms with Gasteiger partial charge in [0, 0.05) is 11.6 Å². The van der Waals surface area contributed by atoms with Crippen molar-refractivity contribution in [1.82, 2.24) is 4.31 Å². The molecule has 0 amide bonds. The van der Waals surface area contributed by atoms with E-state index in [4.69, 9.17) is 11.6 Å². The molecular formula is C12H16ClNO4S. The highest BCUT2D eigenvalue weighted by Gasteiger charge is 2.26. The van der Waals surface area contributed by atoms with Crippen LogP contribution in [0.25, 0.3) is 0 Å². The number of esters is 1. The van der Waals surface area contributed by atoms with Gasteiger partial charge in [-0.3, -0.25) is 4.79 Å². The number of rotatable bonds is 6. The highest BCUT2D eigenvalue weighted by Crippen LogP contribution is 2.18. The number of benzene rings is 1. The Morgan fingerprint density at radius 3 is 2.37 bits per heavy atom. The van der Waals surface area contributed by atoms with Crippen molar-refractivity contribution in [3.63, 3.8) is 0 Å². The van der Waals surface area contributed by atoms with Crippen molar-refractivity contribution < 1.29 is 17.9 Å². The Balaban J connectivity index is 3.05. The lowest BCUT2D eigenvalue weighted by molar-refractivity contribution is -0.140. The molecule has 0 unspecified atom stereocenters. The average molecular weight is 306 g/mol. The van der Waals surface area contributed by atoms with Gasteiger partial charge in [0.15, 0.2) is 0 Å². The maximum absolute atomic E-state index is 12.4. The van der Waals surface area contributed by atoms with Crippen molar-refractivity contribution in [1.29, 1.82) is 0 Å². The van der Waals surface area contributed by atoms with E-state index in [1.165, 1.54) is 31.4 Å². The lowest BCUT2D eigenvalue weighted by Gasteiger charge is -2.20. The Hall–Kier alpha value is -1.11. The number of ether oxygens (including phenoxy) is 1. The molecule has 1 aromatic rings. The molecule has 19 heavy (non-hydrogen) atoms. The predicted octanol–water partition coefficient (Wildman–Crippen LogP) is 1.91. The first-order valence-electron chi connectivity index (χ1n) is 5.74. The molecule has 1 aromatic carbocycles. The highest BCUT2D eigenvalue weighted by molar-refractivity contribution is 7.89. The molecule has 0 radical (unpaired) electrons. The second-order valence-electron chi connectivity index (χ2n) is 3.87. The molecule has 0 atom stereocenters. The Labute approximate surface area is 118 Å². The van der Waals surface area contributed by atoms with E-state index in [1.54, 1.807) is 0 Å². The number of hydrogen-bond donors (Lipinski definition) is 0. The Bertz CT molecular complexity index is 527. The summed E-state index contributed by atoms with van der Waals surface area (Å²) in [5.74, 6) is -0.592. The fourth-order valence-electron chi connectivity index (χ4n) is 1.50. The molecule has 0 heterocycles. The third kappa shape index (κ3) is 4.19. The summed E-state index contributed by atoms with van der Waals surface area (Å²) in [7, 11) is -2.49. The molecule has 0 saturated heterocycles. The van der Waals surface area contributed by atoms with Gasteiger partial charge < -0.3 is 4.74 Å². The van der Waals surface area contributed by atoms with Crippen LogP contribution >= 0.6 is 11.6 Å². The van der Waals surface area contributed by atoms with Crippen LogP contribution in [-0.2, 0) is 19.6 Å². The van der Waals surface area contributed by atoms with Gasteiger partial charge in [0.05, 0.1) is 12.0 Å². The molecule has 0 N–H and O–H groups in total. The minimum absolute atomic E-state index is 0.106. The van der Waals surface area contributed by atoms with Crippen LogP contribution in [0.3, 0.4) is 0 Å². The largest absolute Gasteiger partial charge is 0.468 e. The quantitative estimate of drug-likeness (QED) is 0.753. The van der Waals surface area contributed by atoms with E-state index < -0.39 is 16.0 Å². The number of methoxy groups -OCH3 is 1. The van der Waals surface area contributed by atoms with Crippen LogP contribution in [0.4, 0.5) is 0 Å².